The maximum atomic E-state index is 14.1. The van der Waals surface area contributed by atoms with Gasteiger partial charge in [-0.25, -0.2) is 22.5 Å². The van der Waals surface area contributed by atoms with Gasteiger partial charge in [-0.1, -0.05) is 24.3 Å². The van der Waals surface area contributed by atoms with E-state index in [2.05, 4.69) is 14.7 Å². The van der Waals surface area contributed by atoms with Gasteiger partial charge in [0, 0.05) is 35.6 Å². The molecule has 35 heavy (non-hydrogen) atoms. The highest BCUT2D eigenvalue weighted by Gasteiger charge is 2.30. The molecule has 0 fully saturated rings. The number of rotatable bonds is 7. The molecule has 182 valence electrons. The molecule has 0 aliphatic rings. The Labute approximate surface area is 199 Å². The molecule has 4 rings (SSSR count). The Hall–Kier alpha value is -3.57. The summed E-state index contributed by atoms with van der Waals surface area (Å²) < 4.78 is 81.3. The van der Waals surface area contributed by atoms with Gasteiger partial charge in [0.1, 0.15) is 5.82 Å². The third-order valence-electron chi connectivity index (χ3n) is 5.40. The second kappa shape index (κ2) is 9.59. The summed E-state index contributed by atoms with van der Waals surface area (Å²) in [6.07, 6.45) is -0.432. The van der Waals surface area contributed by atoms with Crippen molar-refractivity contribution in [2.24, 2.45) is 0 Å². The van der Waals surface area contributed by atoms with Gasteiger partial charge in [-0.05, 0) is 42.9 Å². The molecular formula is C24H20F4N4O2S. The number of hydrogen-bond donors (Lipinski definition) is 1. The molecule has 2 aromatic heterocycles. The number of imidazole rings is 1. The van der Waals surface area contributed by atoms with Crippen molar-refractivity contribution in [2.45, 2.75) is 24.0 Å². The normalized spacial score (nSPS) is 12.1. The minimum Gasteiger partial charge on any atom is -0.332 e. The fraction of sp³-hybridized carbons (Fsp3) is 0.167. The summed E-state index contributed by atoms with van der Waals surface area (Å²) in [5.41, 5.74) is 1.48. The van der Waals surface area contributed by atoms with E-state index in [1.807, 2.05) is 0 Å². The van der Waals surface area contributed by atoms with Crippen LogP contribution in [0, 0.1) is 5.82 Å². The van der Waals surface area contributed by atoms with Gasteiger partial charge in [0.2, 0.25) is 10.0 Å². The van der Waals surface area contributed by atoms with E-state index >= 15 is 0 Å². The van der Waals surface area contributed by atoms with Crippen LogP contribution in [-0.2, 0) is 29.2 Å². The highest BCUT2D eigenvalue weighted by atomic mass is 32.2. The third kappa shape index (κ3) is 5.57. The molecular weight excluding hydrogens is 484 g/mol. The lowest BCUT2D eigenvalue weighted by molar-refractivity contribution is -0.137. The Balaban J connectivity index is 1.71. The molecule has 0 bridgehead atoms. The summed E-state index contributed by atoms with van der Waals surface area (Å²) >= 11 is 0. The zero-order valence-corrected chi connectivity index (χ0v) is 19.2. The van der Waals surface area contributed by atoms with Gasteiger partial charge in [0.15, 0.2) is 0 Å². The molecule has 11 heteroatoms. The van der Waals surface area contributed by atoms with Crippen LogP contribution in [0.1, 0.15) is 22.4 Å². The van der Waals surface area contributed by atoms with Crippen LogP contribution in [0.5, 0.6) is 0 Å². The maximum Gasteiger partial charge on any atom is 0.417 e. The van der Waals surface area contributed by atoms with E-state index in [0.717, 1.165) is 12.3 Å². The monoisotopic (exact) mass is 504 g/mol. The van der Waals surface area contributed by atoms with Crippen LogP contribution in [0.25, 0.3) is 11.3 Å². The van der Waals surface area contributed by atoms with Gasteiger partial charge >= 0.3 is 6.18 Å². The van der Waals surface area contributed by atoms with Crippen LogP contribution >= 0.6 is 0 Å². The summed E-state index contributed by atoms with van der Waals surface area (Å²) in [5, 5.41) is 0. The average Bonchev–Trinajstić information content (AvgIpc) is 3.29. The van der Waals surface area contributed by atoms with E-state index in [0.29, 0.717) is 28.1 Å². The molecule has 0 amide bonds. The molecule has 0 unspecified atom stereocenters. The summed E-state index contributed by atoms with van der Waals surface area (Å²) in [6.45, 7) is 0.212. The fourth-order valence-corrected chi connectivity index (χ4v) is 4.29. The van der Waals surface area contributed by atoms with Crippen LogP contribution in [0.15, 0.2) is 78.2 Å². The van der Waals surface area contributed by atoms with E-state index in [1.165, 1.54) is 37.6 Å². The Kier molecular flexibility index (Phi) is 6.73. The smallest absolute Gasteiger partial charge is 0.332 e. The van der Waals surface area contributed by atoms with Crippen LogP contribution in [0.4, 0.5) is 17.6 Å². The number of halogens is 4. The molecule has 0 saturated carbocycles. The number of aromatic nitrogens is 3. The van der Waals surface area contributed by atoms with Crippen molar-refractivity contribution in [3.8, 4) is 11.3 Å². The second-order valence-electron chi connectivity index (χ2n) is 7.76. The lowest BCUT2D eigenvalue weighted by Gasteiger charge is -2.12. The van der Waals surface area contributed by atoms with E-state index < -0.39 is 21.8 Å². The van der Waals surface area contributed by atoms with E-state index in [-0.39, 0.29) is 23.7 Å². The van der Waals surface area contributed by atoms with Crippen molar-refractivity contribution in [3.63, 3.8) is 0 Å². The third-order valence-corrected chi connectivity index (χ3v) is 6.82. The summed E-state index contributed by atoms with van der Waals surface area (Å²) in [6, 6.07) is 13.0. The number of hydrogen-bond acceptors (Lipinski definition) is 4. The Morgan fingerprint density at radius 2 is 1.77 bits per heavy atom. The lowest BCUT2D eigenvalue weighted by Crippen LogP contribution is -2.18. The van der Waals surface area contributed by atoms with E-state index in [4.69, 9.17) is 0 Å². The van der Waals surface area contributed by atoms with Crippen LogP contribution in [0.3, 0.4) is 0 Å². The molecule has 4 aromatic rings. The topological polar surface area (TPSA) is 76.9 Å². The molecule has 0 aliphatic heterocycles. The first kappa shape index (κ1) is 24.6. The van der Waals surface area contributed by atoms with Gasteiger partial charge in [-0.3, -0.25) is 4.98 Å². The van der Waals surface area contributed by atoms with Gasteiger partial charge < -0.3 is 4.57 Å². The Morgan fingerprint density at radius 1 is 1.00 bits per heavy atom. The second-order valence-corrected chi connectivity index (χ2v) is 9.65. The first-order valence-corrected chi connectivity index (χ1v) is 11.9. The lowest BCUT2D eigenvalue weighted by atomic mass is 10.00. The number of sulfonamides is 1. The minimum absolute atomic E-state index is 0.00258. The number of nitrogens with zero attached hydrogens (tertiary/aromatic N) is 3. The quantitative estimate of drug-likeness (QED) is 0.372. The molecule has 2 heterocycles. The fourth-order valence-electron chi connectivity index (χ4n) is 3.53. The first-order valence-electron chi connectivity index (χ1n) is 10.4. The standard InChI is InChI=1S/C24H20F4N4O2S/c1-29-35(33,34)20-9-6-16(10-19-8-7-18(12-30-19)24(26,27)28)21(11-20)23-14-32(15-31-23)13-17-4-2-3-5-22(17)25/h2-9,11-12,14-15,29H,10,13H2,1H3. The SMILES string of the molecule is CNS(=O)(=O)c1ccc(Cc2ccc(C(F)(F)F)cn2)c(-c2cn(Cc3ccccc3F)cn2)c1. The summed E-state index contributed by atoms with van der Waals surface area (Å²) in [7, 11) is -2.47. The highest BCUT2D eigenvalue weighted by molar-refractivity contribution is 7.89. The Bertz CT molecular complexity index is 1450. The van der Waals surface area contributed by atoms with E-state index in [1.54, 1.807) is 35.0 Å². The largest absolute Gasteiger partial charge is 0.417 e. The predicted octanol–water partition coefficient (Wildman–Crippen LogP) is 4.65. The van der Waals surface area contributed by atoms with Crippen LogP contribution < -0.4 is 4.72 Å². The van der Waals surface area contributed by atoms with Crippen molar-refractivity contribution in [2.75, 3.05) is 7.05 Å². The molecule has 1 N–H and O–H groups in total. The molecule has 0 radical (unpaired) electrons. The molecule has 2 aromatic carbocycles. The van der Waals surface area contributed by atoms with E-state index in [9.17, 15) is 26.0 Å². The zero-order chi connectivity index (χ0) is 25.2. The minimum atomic E-state index is -4.50. The van der Waals surface area contributed by atoms with Crippen LogP contribution in [-0.4, -0.2) is 30.0 Å². The average molecular weight is 505 g/mol. The number of alkyl halides is 3. The highest BCUT2D eigenvalue weighted by Crippen LogP contribution is 2.30. The number of nitrogens with one attached hydrogen (secondary N) is 1. The zero-order valence-electron chi connectivity index (χ0n) is 18.4. The summed E-state index contributed by atoms with van der Waals surface area (Å²) in [5.74, 6) is -0.362. The van der Waals surface area contributed by atoms with Crippen molar-refractivity contribution in [3.05, 3.63) is 102 Å². The summed E-state index contributed by atoms with van der Waals surface area (Å²) in [4.78, 5) is 8.28. The number of benzene rings is 2. The van der Waals surface area contributed by atoms with Gasteiger partial charge in [0.25, 0.3) is 0 Å². The van der Waals surface area contributed by atoms with Gasteiger partial charge in [0.05, 0.1) is 29.0 Å². The van der Waals surface area contributed by atoms with Crippen molar-refractivity contribution in [1.82, 2.24) is 19.3 Å². The number of pyridine rings is 1. The molecule has 0 atom stereocenters. The predicted molar refractivity (Wildman–Crippen MR) is 121 cm³/mol. The van der Waals surface area contributed by atoms with Gasteiger partial charge in [-0.15, -0.1) is 0 Å². The van der Waals surface area contributed by atoms with Gasteiger partial charge in [-0.2, -0.15) is 13.2 Å². The van der Waals surface area contributed by atoms with Crippen molar-refractivity contribution >= 4 is 10.0 Å². The van der Waals surface area contributed by atoms with Crippen molar-refractivity contribution in [1.29, 1.82) is 0 Å². The molecule has 0 spiro atoms. The first-order chi connectivity index (χ1) is 16.6. The molecule has 0 aliphatic carbocycles. The molecule has 6 nitrogen and oxygen atoms in total. The van der Waals surface area contributed by atoms with Crippen molar-refractivity contribution < 1.29 is 26.0 Å². The molecule has 0 saturated heterocycles. The van der Waals surface area contributed by atoms with Crippen LogP contribution in [0.2, 0.25) is 0 Å². The Morgan fingerprint density at radius 3 is 2.43 bits per heavy atom. The maximum absolute atomic E-state index is 14.1.